The van der Waals surface area contributed by atoms with Gasteiger partial charge in [-0.2, -0.15) is 4.98 Å². The molecule has 0 aliphatic carbocycles. The highest BCUT2D eigenvalue weighted by Gasteiger charge is 2.27. The number of carboxylic acid groups (broad SMARTS) is 1. The number of carbonyl (C=O) groups is 1. The number of nitrogens with zero attached hydrogens (tertiary/aromatic N) is 4. The maximum Gasteiger partial charge on any atom is 0.412 e. The molecule has 0 fully saturated rings. The van der Waals surface area contributed by atoms with Gasteiger partial charge in [0.05, 0.1) is 0 Å². The summed E-state index contributed by atoms with van der Waals surface area (Å²) in [6, 6.07) is 11.1. The Balaban J connectivity index is 2.07. The van der Waals surface area contributed by atoms with E-state index in [1.165, 1.54) is 4.90 Å². The highest BCUT2D eigenvalue weighted by Crippen LogP contribution is 2.29. The fourth-order valence-corrected chi connectivity index (χ4v) is 2.68. The van der Waals surface area contributed by atoms with Crippen molar-refractivity contribution in [3.05, 3.63) is 42.6 Å². The predicted molar refractivity (Wildman–Crippen MR) is 93.1 cm³/mol. The molecule has 1 aromatic carbocycles. The van der Waals surface area contributed by atoms with Gasteiger partial charge in [-0.25, -0.2) is 9.31 Å². The largest absolute Gasteiger partial charge is 0.465 e. The van der Waals surface area contributed by atoms with Crippen molar-refractivity contribution in [3.63, 3.8) is 0 Å². The van der Waals surface area contributed by atoms with Crippen LogP contribution in [0.5, 0.6) is 0 Å². The van der Waals surface area contributed by atoms with Gasteiger partial charge in [0.1, 0.15) is 0 Å². The SMILES string of the molecule is CC(C)(C)N(C(=O)O)c1cccc(-c2ccc3nc(N)nn3c2)c1. The van der Waals surface area contributed by atoms with E-state index < -0.39 is 11.6 Å². The second-order valence-electron chi connectivity index (χ2n) is 6.53. The summed E-state index contributed by atoms with van der Waals surface area (Å²) in [6.07, 6.45) is 0.833. The van der Waals surface area contributed by atoms with E-state index >= 15 is 0 Å². The molecule has 0 aliphatic rings. The summed E-state index contributed by atoms with van der Waals surface area (Å²) in [4.78, 5) is 17.1. The first kappa shape index (κ1) is 15.8. The Kier molecular flexibility index (Phi) is 3.63. The van der Waals surface area contributed by atoms with Crippen LogP contribution in [0.25, 0.3) is 16.8 Å². The molecule has 0 saturated heterocycles. The quantitative estimate of drug-likeness (QED) is 0.754. The molecule has 0 unspecified atom stereocenters. The Morgan fingerprint density at radius 3 is 2.62 bits per heavy atom. The fourth-order valence-electron chi connectivity index (χ4n) is 2.68. The van der Waals surface area contributed by atoms with Crippen molar-refractivity contribution in [2.45, 2.75) is 26.3 Å². The van der Waals surface area contributed by atoms with Gasteiger partial charge in [0.15, 0.2) is 5.65 Å². The van der Waals surface area contributed by atoms with Gasteiger partial charge in [-0.05, 0) is 50.6 Å². The zero-order valence-electron chi connectivity index (χ0n) is 13.8. The first-order valence-corrected chi connectivity index (χ1v) is 7.51. The summed E-state index contributed by atoms with van der Waals surface area (Å²) < 4.78 is 1.61. The molecule has 7 nitrogen and oxygen atoms in total. The first-order chi connectivity index (χ1) is 11.3. The molecule has 0 spiro atoms. The van der Waals surface area contributed by atoms with Crippen LogP contribution in [0.15, 0.2) is 42.6 Å². The maximum atomic E-state index is 11.7. The fraction of sp³-hybridized carbons (Fsp3) is 0.235. The zero-order chi connectivity index (χ0) is 17.5. The van der Waals surface area contributed by atoms with Crippen molar-refractivity contribution in [1.29, 1.82) is 0 Å². The van der Waals surface area contributed by atoms with Gasteiger partial charge in [0, 0.05) is 23.0 Å². The van der Waals surface area contributed by atoms with E-state index in [2.05, 4.69) is 10.1 Å². The number of hydrogen-bond acceptors (Lipinski definition) is 4. The molecule has 0 bridgehead atoms. The molecule has 1 amide bonds. The van der Waals surface area contributed by atoms with Gasteiger partial charge in [-0.1, -0.05) is 12.1 Å². The Morgan fingerprint density at radius 2 is 1.96 bits per heavy atom. The van der Waals surface area contributed by atoms with Crippen LogP contribution in [-0.2, 0) is 0 Å². The number of aromatic nitrogens is 3. The third-order valence-corrected chi connectivity index (χ3v) is 3.65. The Hall–Kier alpha value is -3.09. The lowest BCUT2D eigenvalue weighted by molar-refractivity contribution is 0.195. The van der Waals surface area contributed by atoms with Gasteiger partial charge < -0.3 is 10.8 Å². The van der Waals surface area contributed by atoms with Gasteiger partial charge in [0.25, 0.3) is 0 Å². The van der Waals surface area contributed by atoms with Crippen LogP contribution < -0.4 is 10.6 Å². The van der Waals surface area contributed by atoms with Crippen LogP contribution in [-0.4, -0.2) is 31.3 Å². The molecule has 0 radical (unpaired) electrons. The smallest absolute Gasteiger partial charge is 0.412 e. The number of fused-ring (bicyclic) bond motifs is 1. The number of nitrogens with two attached hydrogens (primary N) is 1. The lowest BCUT2D eigenvalue weighted by Gasteiger charge is -2.33. The topological polar surface area (TPSA) is 96.8 Å². The second-order valence-corrected chi connectivity index (χ2v) is 6.53. The van der Waals surface area contributed by atoms with Gasteiger partial charge in [-0.3, -0.25) is 4.90 Å². The van der Waals surface area contributed by atoms with Crippen molar-refractivity contribution in [2.24, 2.45) is 0 Å². The van der Waals surface area contributed by atoms with Crippen LogP contribution in [0.4, 0.5) is 16.4 Å². The molecule has 124 valence electrons. The monoisotopic (exact) mass is 325 g/mol. The predicted octanol–water partition coefficient (Wildman–Crippen LogP) is 3.26. The number of rotatable bonds is 2. The third kappa shape index (κ3) is 2.88. The summed E-state index contributed by atoms with van der Waals surface area (Å²) in [5.41, 5.74) is 8.12. The molecule has 0 atom stereocenters. The summed E-state index contributed by atoms with van der Waals surface area (Å²) in [5.74, 6) is 0.214. The van der Waals surface area contributed by atoms with Crippen LogP contribution in [0.3, 0.4) is 0 Å². The number of pyridine rings is 1. The van der Waals surface area contributed by atoms with Gasteiger partial charge in [0.2, 0.25) is 5.95 Å². The second kappa shape index (κ2) is 5.52. The number of nitrogen functional groups attached to an aromatic ring is 1. The van der Waals surface area contributed by atoms with E-state index in [4.69, 9.17) is 5.73 Å². The highest BCUT2D eigenvalue weighted by molar-refractivity contribution is 5.88. The Morgan fingerprint density at radius 1 is 1.21 bits per heavy atom. The van der Waals surface area contributed by atoms with E-state index in [0.29, 0.717) is 11.3 Å². The van der Waals surface area contributed by atoms with E-state index in [0.717, 1.165) is 11.1 Å². The van der Waals surface area contributed by atoms with Crippen LogP contribution in [0.1, 0.15) is 20.8 Å². The number of amides is 1. The molecule has 2 heterocycles. The maximum absolute atomic E-state index is 11.7. The first-order valence-electron chi connectivity index (χ1n) is 7.51. The summed E-state index contributed by atoms with van der Waals surface area (Å²) in [5, 5.41) is 13.7. The van der Waals surface area contributed by atoms with Crippen molar-refractivity contribution in [1.82, 2.24) is 14.6 Å². The van der Waals surface area contributed by atoms with Crippen molar-refractivity contribution < 1.29 is 9.90 Å². The van der Waals surface area contributed by atoms with Gasteiger partial charge in [-0.15, -0.1) is 5.10 Å². The molecule has 2 aromatic heterocycles. The van der Waals surface area contributed by atoms with Crippen molar-refractivity contribution in [2.75, 3.05) is 10.6 Å². The molecule has 7 heteroatoms. The molecule has 0 aliphatic heterocycles. The summed E-state index contributed by atoms with van der Waals surface area (Å²) >= 11 is 0. The van der Waals surface area contributed by atoms with Crippen molar-refractivity contribution in [3.8, 4) is 11.1 Å². The summed E-state index contributed by atoms with van der Waals surface area (Å²) in [7, 11) is 0. The number of hydrogen-bond donors (Lipinski definition) is 2. The normalized spacial score (nSPS) is 11.6. The lowest BCUT2D eigenvalue weighted by Crippen LogP contribution is -2.45. The highest BCUT2D eigenvalue weighted by atomic mass is 16.4. The molecule has 3 N–H and O–H groups in total. The Bertz CT molecular complexity index is 911. The minimum Gasteiger partial charge on any atom is -0.465 e. The van der Waals surface area contributed by atoms with E-state index in [1.54, 1.807) is 10.6 Å². The molecular formula is C17H19N5O2. The van der Waals surface area contributed by atoms with Crippen molar-refractivity contribution >= 4 is 23.4 Å². The standard InChI is InChI=1S/C17H19N5O2/c1-17(2,3)22(16(23)24)13-6-4-5-11(9-13)12-7-8-14-19-15(18)20-21(14)10-12/h4-10H,1-3H3,(H2,18,20)(H,23,24). The van der Waals surface area contributed by atoms with Crippen LogP contribution in [0, 0.1) is 0 Å². The summed E-state index contributed by atoms with van der Waals surface area (Å²) in [6.45, 7) is 5.58. The minimum atomic E-state index is -0.987. The molecule has 0 saturated carbocycles. The average molecular weight is 325 g/mol. The number of benzene rings is 1. The van der Waals surface area contributed by atoms with Crippen LogP contribution >= 0.6 is 0 Å². The van der Waals surface area contributed by atoms with E-state index in [1.807, 2.05) is 57.3 Å². The molecular weight excluding hydrogens is 306 g/mol. The Labute approximate surface area is 139 Å². The minimum absolute atomic E-state index is 0.214. The average Bonchev–Trinajstić information content (AvgIpc) is 2.84. The van der Waals surface area contributed by atoms with E-state index in [9.17, 15) is 9.90 Å². The van der Waals surface area contributed by atoms with Crippen LogP contribution in [0.2, 0.25) is 0 Å². The lowest BCUT2D eigenvalue weighted by atomic mass is 10.0. The molecule has 24 heavy (non-hydrogen) atoms. The molecule has 3 aromatic rings. The third-order valence-electron chi connectivity index (χ3n) is 3.65. The number of anilines is 2. The zero-order valence-corrected chi connectivity index (χ0v) is 13.8. The van der Waals surface area contributed by atoms with E-state index in [-0.39, 0.29) is 5.95 Å². The van der Waals surface area contributed by atoms with Gasteiger partial charge >= 0.3 is 6.09 Å². The molecule has 3 rings (SSSR count).